The Bertz CT molecular complexity index is 2030. The lowest BCUT2D eigenvalue weighted by molar-refractivity contribution is -0.135. The number of aliphatic hydroxyl groups is 1. The molecular weight excluding hydrogens is 882 g/mol. The number of benzene rings is 2. The summed E-state index contributed by atoms with van der Waals surface area (Å²) < 4.78 is 40.3. The zero-order valence-corrected chi connectivity index (χ0v) is 41.0. The first-order chi connectivity index (χ1) is 28.2. The third kappa shape index (κ3) is 16.5. The van der Waals surface area contributed by atoms with Gasteiger partial charge in [-0.2, -0.15) is 0 Å². The molecule has 3 aromatic rings. The Hall–Kier alpha value is -3.13. The molecule has 14 nitrogen and oxygen atoms in total. The number of halogens is 2. The van der Waals surface area contributed by atoms with Crippen molar-refractivity contribution in [2.75, 3.05) is 45.9 Å². The minimum atomic E-state index is -3.99. The average Bonchev–Trinajstić information content (AvgIpc) is 3.59. The number of hydrogen-bond donors (Lipinski definition) is 4. The zero-order valence-electron chi connectivity index (χ0n) is 36.8. The Morgan fingerprint density at radius 3 is 2.15 bits per heavy atom. The first-order valence-corrected chi connectivity index (χ1v) is 26.2. The monoisotopic (exact) mass is 943 g/mol. The van der Waals surface area contributed by atoms with E-state index in [0.717, 1.165) is 10.1 Å². The molecule has 1 fully saturated rings. The molecule has 0 unspecified atom stereocenters. The fraction of sp³-hybridized carbons (Fsp3) is 0.571. The van der Waals surface area contributed by atoms with Crippen LogP contribution in [0.4, 0.5) is 4.79 Å². The lowest BCUT2D eigenvalue weighted by Crippen LogP contribution is -2.57. The molecule has 3 atom stereocenters. The number of piperazine rings is 1. The molecule has 2 heterocycles. The summed E-state index contributed by atoms with van der Waals surface area (Å²) in [5.41, 5.74) is -0.586. The molecule has 0 radical (unpaired) electrons. The van der Waals surface area contributed by atoms with Crippen molar-refractivity contribution in [1.82, 2.24) is 25.2 Å². The third-order valence-corrected chi connectivity index (χ3v) is 18.0. The maximum absolute atomic E-state index is 13.5. The summed E-state index contributed by atoms with van der Waals surface area (Å²) in [4.78, 5) is 53.4. The van der Waals surface area contributed by atoms with Gasteiger partial charge in [0.05, 0.1) is 29.2 Å². The highest BCUT2D eigenvalue weighted by Gasteiger charge is 2.38. The number of sulfonamides is 1. The highest BCUT2D eigenvalue weighted by Crippen LogP contribution is 2.36. The Morgan fingerprint density at radius 1 is 0.967 bits per heavy atom. The number of nitrogens with one attached hydrogen (secondary N) is 3. The first kappa shape index (κ1) is 52.2. The van der Waals surface area contributed by atoms with Gasteiger partial charge in [-0.3, -0.25) is 14.5 Å². The number of amides is 3. The number of fused-ring (bicyclic) bond motifs is 1. The van der Waals surface area contributed by atoms with Crippen LogP contribution in [0.25, 0.3) is 10.1 Å². The normalized spacial score (nSPS) is 15.7. The number of aldehydes is 1. The second-order valence-corrected chi connectivity index (χ2v) is 26.4. The van der Waals surface area contributed by atoms with Gasteiger partial charge in [0.25, 0.3) is 5.91 Å². The van der Waals surface area contributed by atoms with Crippen molar-refractivity contribution in [2.24, 2.45) is 5.92 Å². The molecule has 3 amide bonds. The minimum Gasteiger partial charge on any atom is -0.444 e. The predicted octanol–water partition coefficient (Wildman–Crippen LogP) is 6.94. The van der Waals surface area contributed by atoms with Crippen LogP contribution in [0.1, 0.15) is 71.5 Å². The maximum atomic E-state index is 13.5. The maximum Gasteiger partial charge on any atom is 0.408 e. The molecule has 1 aliphatic rings. The molecule has 2 aromatic carbocycles. The Labute approximate surface area is 376 Å². The first-order valence-electron chi connectivity index (χ1n) is 20.2. The number of hydrogen-bond acceptors (Lipinski definition) is 11. The summed E-state index contributed by atoms with van der Waals surface area (Å²) in [5.74, 6) is -0.201. The molecule has 340 valence electrons. The van der Waals surface area contributed by atoms with E-state index in [1.807, 2.05) is 49.1 Å². The van der Waals surface area contributed by atoms with Crippen LogP contribution in [0.15, 0.2) is 53.4 Å². The van der Waals surface area contributed by atoms with Crippen LogP contribution < -0.4 is 15.4 Å². The van der Waals surface area contributed by atoms with Crippen molar-refractivity contribution in [3.63, 3.8) is 0 Å². The van der Waals surface area contributed by atoms with Crippen LogP contribution in [0.2, 0.25) is 28.2 Å². The van der Waals surface area contributed by atoms with Crippen LogP contribution in [-0.4, -0.2) is 125 Å². The van der Waals surface area contributed by atoms with Gasteiger partial charge in [0, 0.05) is 42.4 Å². The molecule has 4 rings (SSSR count). The predicted molar refractivity (Wildman–Crippen MR) is 246 cm³/mol. The Morgan fingerprint density at radius 2 is 1.61 bits per heavy atom. The molecule has 0 bridgehead atoms. The lowest BCUT2D eigenvalue weighted by atomic mass is 10.0. The number of thiophene rings is 1. The molecule has 4 N–H and O–H groups in total. The molecule has 0 saturated carbocycles. The quantitative estimate of drug-likeness (QED) is 0.0868. The van der Waals surface area contributed by atoms with E-state index in [2.05, 4.69) is 49.2 Å². The van der Waals surface area contributed by atoms with E-state index in [0.29, 0.717) is 48.8 Å². The van der Waals surface area contributed by atoms with E-state index in [4.69, 9.17) is 32.4 Å². The van der Waals surface area contributed by atoms with Crippen molar-refractivity contribution in [3.05, 3.63) is 63.5 Å². The third-order valence-electron chi connectivity index (χ3n) is 10.1. The van der Waals surface area contributed by atoms with Crippen molar-refractivity contribution < 1.29 is 41.9 Å². The number of rotatable bonds is 16. The van der Waals surface area contributed by atoms with Gasteiger partial charge in [-0.25, -0.2) is 17.9 Å². The van der Waals surface area contributed by atoms with Gasteiger partial charge >= 0.3 is 6.09 Å². The number of nitrogens with zero attached hydrogens (tertiary/aromatic N) is 2. The van der Waals surface area contributed by atoms with Crippen LogP contribution in [0.5, 0.6) is 0 Å². The van der Waals surface area contributed by atoms with Crippen LogP contribution in [0.3, 0.4) is 0 Å². The molecule has 61 heavy (non-hydrogen) atoms. The van der Waals surface area contributed by atoms with Crippen molar-refractivity contribution >= 4 is 87.2 Å². The van der Waals surface area contributed by atoms with E-state index < -0.39 is 54.8 Å². The van der Waals surface area contributed by atoms with E-state index in [1.54, 1.807) is 25.7 Å². The SMILES string of the molecule is CC(C)(C)OC(=O)N[C@H](C=O)CO[Si](C)(C)C(C)(C)C.CC(C)C[C@H](NC(=O)c1cc2ccccc2s1)C(=O)N1CCN(C[C@H](CO)NS(=O)(=O)c2ccc(Cl)cc2Cl)CC1. The second kappa shape index (κ2) is 22.5. The topological polar surface area (TPSA) is 184 Å². The number of alkyl carbamates (subject to hydrolysis) is 1. The number of ether oxygens (including phenoxy) is 1. The average molecular weight is 945 g/mol. The van der Waals surface area contributed by atoms with Gasteiger partial charge in [-0.15, -0.1) is 11.3 Å². The number of carbonyl (C=O) groups excluding carboxylic acids is 4. The fourth-order valence-electron chi connectivity index (χ4n) is 5.90. The van der Waals surface area contributed by atoms with Crippen LogP contribution in [-0.2, 0) is 28.8 Å². The highest BCUT2D eigenvalue weighted by atomic mass is 35.5. The largest absolute Gasteiger partial charge is 0.444 e. The van der Waals surface area contributed by atoms with Gasteiger partial charge in [0.15, 0.2) is 8.32 Å². The summed E-state index contributed by atoms with van der Waals surface area (Å²) in [6, 6.07) is 11.6. The Kier molecular flexibility index (Phi) is 19.2. The Balaban J connectivity index is 0.000000419. The summed E-state index contributed by atoms with van der Waals surface area (Å²) in [6.07, 6.45) is 0.586. The molecule has 0 spiro atoms. The smallest absolute Gasteiger partial charge is 0.408 e. The molecule has 19 heteroatoms. The van der Waals surface area contributed by atoms with Crippen LogP contribution in [0, 0.1) is 5.92 Å². The summed E-state index contributed by atoms with van der Waals surface area (Å²) in [7, 11) is -5.92. The summed E-state index contributed by atoms with van der Waals surface area (Å²) in [6.45, 7) is 21.7. The van der Waals surface area contributed by atoms with E-state index in [-0.39, 0.29) is 45.8 Å². The zero-order chi connectivity index (χ0) is 45.9. The minimum absolute atomic E-state index is 0.00999. The molecule has 0 aliphatic carbocycles. The number of aliphatic hydroxyl groups excluding tert-OH is 1. The fourth-order valence-corrected chi connectivity index (χ4v) is 9.88. The molecule has 1 aliphatic heterocycles. The van der Waals surface area contributed by atoms with Gasteiger partial charge in [0.2, 0.25) is 15.9 Å². The lowest BCUT2D eigenvalue weighted by Gasteiger charge is -2.38. The molecular formula is C42H63Cl2N5O9S2Si. The van der Waals surface area contributed by atoms with Crippen molar-refractivity contribution in [3.8, 4) is 0 Å². The molecule has 1 saturated heterocycles. The van der Waals surface area contributed by atoms with Crippen LogP contribution >= 0.6 is 34.5 Å². The number of carbonyl (C=O) groups is 4. The van der Waals surface area contributed by atoms with E-state index in [9.17, 15) is 32.7 Å². The second-order valence-electron chi connectivity index (χ2n) is 18.0. The summed E-state index contributed by atoms with van der Waals surface area (Å²) in [5, 5.41) is 16.7. The van der Waals surface area contributed by atoms with E-state index >= 15 is 0 Å². The van der Waals surface area contributed by atoms with E-state index in [1.165, 1.54) is 29.5 Å². The van der Waals surface area contributed by atoms with Gasteiger partial charge in [-0.05, 0) is 87.0 Å². The standard InChI is InChI=1S/C28H34Cl2N4O5S2.C14H29NO4Si/c1-18(2)13-23(31-27(36)25-14-19-5-3-4-6-24(19)40-25)28(37)34-11-9-33(10-12-34)16-21(17-35)32-41(38,39)26-8-7-20(29)15-22(26)30;1-13(2,3)19-12(17)15-11(9-16)10-18-20(7,8)14(4,5)6/h3-8,14-15,18,21,23,32,35H,9-13,16-17H2,1-2H3,(H,31,36);9,11H,10H2,1-8H3,(H,15,17)/t21-,23+;11-/m11/s1. The van der Waals surface area contributed by atoms with Crippen molar-refractivity contribution in [1.29, 1.82) is 0 Å². The van der Waals surface area contributed by atoms with Gasteiger partial charge in [0.1, 0.15) is 28.9 Å². The van der Waals surface area contributed by atoms with Crippen molar-refractivity contribution in [2.45, 2.75) is 109 Å². The van der Waals surface area contributed by atoms with Gasteiger partial charge < -0.3 is 34.6 Å². The molecule has 1 aromatic heterocycles. The highest BCUT2D eigenvalue weighted by molar-refractivity contribution is 7.89. The summed E-state index contributed by atoms with van der Waals surface area (Å²) >= 11 is 13.4. The van der Waals surface area contributed by atoms with Gasteiger partial charge in [-0.1, -0.05) is 76.0 Å².